The van der Waals surface area contributed by atoms with Gasteiger partial charge in [-0.1, -0.05) is 51.1 Å². The van der Waals surface area contributed by atoms with Crippen molar-refractivity contribution in [3.05, 3.63) is 95.4 Å². The van der Waals surface area contributed by atoms with Crippen LogP contribution in [0.5, 0.6) is 0 Å². The molecular weight excluding hydrogens is 429 g/mol. The summed E-state index contributed by atoms with van der Waals surface area (Å²) in [6.07, 6.45) is 0. The van der Waals surface area contributed by atoms with Gasteiger partial charge in [0.15, 0.2) is 0 Å². The Hall–Kier alpha value is -3.93. The summed E-state index contributed by atoms with van der Waals surface area (Å²) in [5.41, 5.74) is 4.01. The second-order valence-corrected chi connectivity index (χ2v) is 9.57. The summed E-state index contributed by atoms with van der Waals surface area (Å²) < 4.78 is 13.6. The number of imide groups is 1. The first-order valence-corrected chi connectivity index (χ1v) is 11.1. The minimum atomic E-state index is -0.458. The van der Waals surface area contributed by atoms with Crippen molar-refractivity contribution in [1.29, 1.82) is 0 Å². The number of nitrogens with one attached hydrogen (secondary N) is 1. The molecule has 174 valence electrons. The first-order valence-electron chi connectivity index (χ1n) is 11.1. The number of carbonyl (C=O) groups is 2. The van der Waals surface area contributed by atoms with E-state index < -0.39 is 17.6 Å². The number of hydrogen-bond acceptors (Lipinski definition) is 4. The zero-order valence-corrected chi connectivity index (χ0v) is 20.0. The van der Waals surface area contributed by atoms with E-state index in [-0.39, 0.29) is 16.7 Å². The number of hydrogen-bond donors (Lipinski definition) is 1. The van der Waals surface area contributed by atoms with Crippen LogP contribution in [-0.2, 0) is 15.0 Å². The highest BCUT2D eigenvalue weighted by Crippen LogP contribution is 2.35. The first kappa shape index (κ1) is 23.2. The van der Waals surface area contributed by atoms with Gasteiger partial charge in [-0.05, 0) is 59.0 Å². The Labute approximate surface area is 199 Å². The quantitative estimate of drug-likeness (QED) is 0.508. The van der Waals surface area contributed by atoms with Crippen LogP contribution in [-0.4, -0.2) is 25.9 Å². The van der Waals surface area contributed by atoms with Gasteiger partial charge in [0, 0.05) is 25.5 Å². The normalized spacial score (nSPS) is 14.1. The maximum atomic E-state index is 13.6. The van der Waals surface area contributed by atoms with Gasteiger partial charge >= 0.3 is 0 Å². The van der Waals surface area contributed by atoms with Crippen molar-refractivity contribution in [3.8, 4) is 0 Å². The number of benzene rings is 3. The third-order valence-electron chi connectivity index (χ3n) is 5.84. The molecule has 0 aliphatic carbocycles. The molecule has 0 saturated heterocycles. The second-order valence-electron chi connectivity index (χ2n) is 9.57. The average Bonchev–Trinajstić information content (AvgIpc) is 3.03. The molecule has 0 spiro atoms. The van der Waals surface area contributed by atoms with Crippen LogP contribution >= 0.6 is 0 Å². The highest BCUT2D eigenvalue weighted by molar-refractivity contribution is 6.46. The third-order valence-corrected chi connectivity index (χ3v) is 5.84. The summed E-state index contributed by atoms with van der Waals surface area (Å²) in [6, 6.07) is 20.6. The molecule has 0 saturated carbocycles. The van der Waals surface area contributed by atoms with E-state index in [2.05, 4.69) is 26.1 Å². The molecule has 1 N–H and O–H groups in total. The van der Waals surface area contributed by atoms with Gasteiger partial charge in [-0.15, -0.1) is 0 Å². The summed E-state index contributed by atoms with van der Waals surface area (Å²) in [4.78, 5) is 30.2. The van der Waals surface area contributed by atoms with E-state index >= 15 is 0 Å². The van der Waals surface area contributed by atoms with E-state index in [9.17, 15) is 14.0 Å². The van der Waals surface area contributed by atoms with E-state index in [0.717, 1.165) is 16.2 Å². The summed E-state index contributed by atoms with van der Waals surface area (Å²) in [5.74, 6) is -1.33. The van der Waals surface area contributed by atoms with Crippen LogP contribution in [0.3, 0.4) is 0 Å². The molecule has 0 atom stereocenters. The van der Waals surface area contributed by atoms with Crippen molar-refractivity contribution in [2.45, 2.75) is 26.2 Å². The van der Waals surface area contributed by atoms with Crippen LogP contribution in [0.4, 0.5) is 21.5 Å². The van der Waals surface area contributed by atoms with E-state index in [4.69, 9.17) is 0 Å². The first-order chi connectivity index (χ1) is 16.1. The zero-order chi connectivity index (χ0) is 24.6. The Balaban J connectivity index is 1.77. The Morgan fingerprint density at radius 3 is 2.09 bits per heavy atom. The van der Waals surface area contributed by atoms with Crippen molar-refractivity contribution in [2.75, 3.05) is 29.2 Å². The number of carbonyl (C=O) groups excluding carboxylic acids is 2. The Morgan fingerprint density at radius 2 is 1.50 bits per heavy atom. The molecule has 6 heteroatoms. The molecule has 0 radical (unpaired) electrons. The summed E-state index contributed by atoms with van der Waals surface area (Å²) in [5, 5.41) is 3.16. The molecule has 34 heavy (non-hydrogen) atoms. The molecule has 5 nitrogen and oxygen atoms in total. The van der Waals surface area contributed by atoms with Gasteiger partial charge in [0.1, 0.15) is 11.5 Å². The van der Waals surface area contributed by atoms with Crippen LogP contribution in [0.25, 0.3) is 5.57 Å². The number of anilines is 3. The predicted octanol–water partition coefficient (Wildman–Crippen LogP) is 5.59. The van der Waals surface area contributed by atoms with Crippen LogP contribution in [0.2, 0.25) is 0 Å². The molecule has 1 aliphatic rings. The van der Waals surface area contributed by atoms with Gasteiger partial charge in [-0.3, -0.25) is 9.59 Å². The van der Waals surface area contributed by atoms with Crippen molar-refractivity contribution >= 4 is 34.4 Å². The molecule has 2 amide bonds. The average molecular weight is 458 g/mol. The maximum Gasteiger partial charge on any atom is 0.282 e. The Morgan fingerprint density at radius 1 is 0.853 bits per heavy atom. The predicted molar refractivity (Wildman–Crippen MR) is 135 cm³/mol. The Kier molecular flexibility index (Phi) is 6.00. The lowest BCUT2D eigenvalue weighted by atomic mass is 9.87. The summed E-state index contributed by atoms with van der Waals surface area (Å²) in [6.45, 7) is 6.39. The standard InChI is InChI=1S/C28H28FN3O2/c1-28(2,3)19-11-15-21(16-12-19)30-25-24(18-9-13-20(29)14-10-18)26(33)32(27(25)34)23-8-6-7-22(17-23)31(4)5/h6-17,30H,1-5H3. The van der Waals surface area contributed by atoms with E-state index in [1.807, 2.05) is 49.3 Å². The van der Waals surface area contributed by atoms with Crippen LogP contribution < -0.4 is 15.1 Å². The van der Waals surface area contributed by atoms with Gasteiger partial charge in [0.25, 0.3) is 11.8 Å². The molecule has 0 aromatic heterocycles. The molecule has 0 unspecified atom stereocenters. The monoisotopic (exact) mass is 457 g/mol. The number of rotatable bonds is 5. The fourth-order valence-electron chi connectivity index (χ4n) is 3.87. The van der Waals surface area contributed by atoms with Gasteiger partial charge in [-0.2, -0.15) is 0 Å². The van der Waals surface area contributed by atoms with Gasteiger partial charge < -0.3 is 10.2 Å². The smallest absolute Gasteiger partial charge is 0.282 e. The van der Waals surface area contributed by atoms with Gasteiger partial charge in [0.2, 0.25) is 0 Å². The van der Waals surface area contributed by atoms with E-state index in [0.29, 0.717) is 16.9 Å². The fraction of sp³-hybridized carbons (Fsp3) is 0.214. The topological polar surface area (TPSA) is 52.6 Å². The highest BCUT2D eigenvalue weighted by atomic mass is 19.1. The fourth-order valence-corrected chi connectivity index (χ4v) is 3.87. The van der Waals surface area contributed by atoms with Gasteiger partial charge in [-0.25, -0.2) is 9.29 Å². The van der Waals surface area contributed by atoms with E-state index in [1.165, 1.54) is 24.3 Å². The van der Waals surface area contributed by atoms with Crippen molar-refractivity contribution < 1.29 is 14.0 Å². The number of nitrogens with zero attached hydrogens (tertiary/aromatic N) is 2. The minimum Gasteiger partial charge on any atom is -0.378 e. The molecule has 3 aromatic carbocycles. The van der Waals surface area contributed by atoms with Gasteiger partial charge in [0.05, 0.1) is 11.3 Å². The molecule has 4 rings (SSSR count). The highest BCUT2D eigenvalue weighted by Gasteiger charge is 2.40. The zero-order valence-electron chi connectivity index (χ0n) is 20.0. The van der Waals surface area contributed by atoms with E-state index in [1.54, 1.807) is 18.2 Å². The number of amides is 2. The lowest BCUT2D eigenvalue weighted by Gasteiger charge is -2.20. The van der Waals surface area contributed by atoms with Crippen molar-refractivity contribution in [2.24, 2.45) is 0 Å². The minimum absolute atomic E-state index is 0.00946. The largest absolute Gasteiger partial charge is 0.378 e. The second kappa shape index (κ2) is 8.78. The summed E-state index contributed by atoms with van der Waals surface area (Å²) in [7, 11) is 3.78. The third kappa shape index (κ3) is 4.44. The SMILES string of the molecule is CN(C)c1cccc(N2C(=O)C(Nc3ccc(C(C)(C)C)cc3)=C(c3ccc(F)cc3)C2=O)c1. The van der Waals surface area contributed by atoms with Crippen molar-refractivity contribution in [3.63, 3.8) is 0 Å². The molecule has 0 fully saturated rings. The Bertz CT molecular complexity index is 1270. The molecule has 1 aliphatic heterocycles. The molecular formula is C28H28FN3O2. The summed E-state index contributed by atoms with van der Waals surface area (Å²) >= 11 is 0. The number of halogens is 1. The van der Waals surface area contributed by atoms with Crippen LogP contribution in [0.15, 0.2) is 78.5 Å². The van der Waals surface area contributed by atoms with Crippen LogP contribution in [0.1, 0.15) is 31.9 Å². The molecule has 1 heterocycles. The lowest BCUT2D eigenvalue weighted by Crippen LogP contribution is -2.32. The lowest BCUT2D eigenvalue weighted by molar-refractivity contribution is -0.120. The molecule has 0 bridgehead atoms. The maximum absolute atomic E-state index is 13.6. The van der Waals surface area contributed by atoms with Crippen LogP contribution in [0, 0.1) is 5.82 Å². The van der Waals surface area contributed by atoms with Crippen molar-refractivity contribution in [1.82, 2.24) is 0 Å². The molecule has 3 aromatic rings.